The first-order valence-electron chi connectivity index (χ1n) is 8.68. The number of fused-ring (bicyclic) bond motifs is 1. The van der Waals surface area contributed by atoms with Crippen LogP contribution in [0.2, 0.25) is 0 Å². The molecule has 130 valence electrons. The molecule has 0 saturated heterocycles. The van der Waals surface area contributed by atoms with Crippen molar-refractivity contribution in [3.63, 3.8) is 0 Å². The minimum absolute atomic E-state index is 0.0804. The summed E-state index contributed by atoms with van der Waals surface area (Å²) in [7, 11) is 1.94. The van der Waals surface area contributed by atoms with Crippen LogP contribution in [0.4, 0.5) is 17.2 Å². The van der Waals surface area contributed by atoms with E-state index in [0.717, 1.165) is 17.8 Å². The molecule has 0 N–H and O–H groups in total. The largest absolute Gasteiger partial charge is 0.329 e. The van der Waals surface area contributed by atoms with Gasteiger partial charge < -0.3 is 9.80 Å². The van der Waals surface area contributed by atoms with Gasteiger partial charge in [0.2, 0.25) is 0 Å². The fraction of sp³-hybridized carbons (Fsp3) is 0.190. The Labute approximate surface area is 152 Å². The van der Waals surface area contributed by atoms with Crippen molar-refractivity contribution < 1.29 is 4.79 Å². The quantitative estimate of drug-likeness (QED) is 0.726. The van der Waals surface area contributed by atoms with Gasteiger partial charge >= 0.3 is 0 Å². The standard InChI is InChI=1S/C21H20N4O/c1-15-22-18(14-20(23-15)24(2)17-9-4-3-5-10-17)21(26)25-13-12-16-8-6-7-11-19(16)25/h3-11,14H,12-13H2,1-2H3. The van der Waals surface area contributed by atoms with Crippen molar-refractivity contribution in [3.8, 4) is 0 Å². The van der Waals surface area contributed by atoms with Crippen LogP contribution in [0, 0.1) is 6.92 Å². The number of hydrogen-bond acceptors (Lipinski definition) is 4. The van der Waals surface area contributed by atoms with Crippen molar-refractivity contribution in [3.05, 3.63) is 77.7 Å². The number of aryl methyl sites for hydroxylation is 1. The summed E-state index contributed by atoms with van der Waals surface area (Å²) in [6.45, 7) is 2.50. The molecule has 0 saturated carbocycles. The minimum atomic E-state index is -0.0804. The second-order valence-electron chi connectivity index (χ2n) is 6.39. The van der Waals surface area contributed by atoms with E-state index in [2.05, 4.69) is 16.0 Å². The fourth-order valence-corrected chi connectivity index (χ4v) is 3.30. The van der Waals surface area contributed by atoms with Gasteiger partial charge in [-0.3, -0.25) is 4.79 Å². The highest BCUT2D eigenvalue weighted by Gasteiger charge is 2.26. The summed E-state index contributed by atoms with van der Waals surface area (Å²) in [6.07, 6.45) is 0.878. The zero-order chi connectivity index (χ0) is 18.1. The zero-order valence-corrected chi connectivity index (χ0v) is 14.9. The van der Waals surface area contributed by atoms with Crippen molar-refractivity contribution in [1.82, 2.24) is 9.97 Å². The van der Waals surface area contributed by atoms with Crippen LogP contribution in [0.3, 0.4) is 0 Å². The average Bonchev–Trinajstić information content (AvgIpc) is 3.11. The van der Waals surface area contributed by atoms with Crippen LogP contribution >= 0.6 is 0 Å². The predicted octanol–water partition coefficient (Wildman–Crippen LogP) is 3.76. The van der Waals surface area contributed by atoms with Crippen LogP contribution in [0.5, 0.6) is 0 Å². The molecule has 26 heavy (non-hydrogen) atoms. The molecular formula is C21H20N4O. The molecule has 0 spiro atoms. The minimum Gasteiger partial charge on any atom is -0.329 e. The van der Waals surface area contributed by atoms with E-state index < -0.39 is 0 Å². The zero-order valence-electron chi connectivity index (χ0n) is 14.9. The molecule has 0 radical (unpaired) electrons. The van der Waals surface area contributed by atoms with Gasteiger partial charge in [-0.2, -0.15) is 0 Å². The van der Waals surface area contributed by atoms with Gasteiger partial charge in [-0.25, -0.2) is 9.97 Å². The first kappa shape index (κ1) is 16.3. The molecular weight excluding hydrogens is 324 g/mol. The number of hydrogen-bond donors (Lipinski definition) is 0. The normalized spacial score (nSPS) is 12.8. The maximum atomic E-state index is 13.1. The molecule has 1 aliphatic rings. The summed E-state index contributed by atoms with van der Waals surface area (Å²) >= 11 is 0. The van der Waals surface area contributed by atoms with Gasteiger partial charge in [-0.15, -0.1) is 0 Å². The summed E-state index contributed by atoms with van der Waals surface area (Å²) < 4.78 is 0. The summed E-state index contributed by atoms with van der Waals surface area (Å²) in [5.74, 6) is 1.21. The van der Waals surface area contributed by atoms with Gasteiger partial charge in [0, 0.05) is 31.0 Å². The van der Waals surface area contributed by atoms with E-state index in [1.165, 1.54) is 5.56 Å². The van der Waals surface area contributed by atoms with Crippen LogP contribution < -0.4 is 9.80 Å². The molecule has 2 heterocycles. The van der Waals surface area contributed by atoms with E-state index in [9.17, 15) is 4.79 Å². The van der Waals surface area contributed by atoms with Crippen molar-refractivity contribution in [2.45, 2.75) is 13.3 Å². The van der Waals surface area contributed by atoms with Crippen LogP contribution in [0.25, 0.3) is 0 Å². The summed E-state index contributed by atoms with van der Waals surface area (Å²) in [5, 5.41) is 0. The highest BCUT2D eigenvalue weighted by Crippen LogP contribution is 2.29. The Kier molecular flexibility index (Phi) is 4.13. The molecule has 0 aliphatic carbocycles. The smallest absolute Gasteiger partial charge is 0.277 e. The fourth-order valence-electron chi connectivity index (χ4n) is 3.30. The SMILES string of the molecule is Cc1nc(C(=O)N2CCc3ccccc32)cc(N(C)c2ccccc2)n1. The Hall–Kier alpha value is -3.21. The Morgan fingerprint density at radius 1 is 1.04 bits per heavy atom. The molecule has 1 aromatic heterocycles. The number of anilines is 3. The van der Waals surface area contributed by atoms with E-state index in [0.29, 0.717) is 23.9 Å². The first-order valence-corrected chi connectivity index (χ1v) is 8.68. The average molecular weight is 344 g/mol. The third-order valence-corrected chi connectivity index (χ3v) is 4.66. The molecule has 5 nitrogen and oxygen atoms in total. The second-order valence-corrected chi connectivity index (χ2v) is 6.39. The molecule has 0 atom stereocenters. The highest BCUT2D eigenvalue weighted by atomic mass is 16.2. The van der Waals surface area contributed by atoms with Gasteiger partial charge in [0.25, 0.3) is 5.91 Å². The van der Waals surface area contributed by atoms with Gasteiger partial charge in [0.05, 0.1) is 0 Å². The lowest BCUT2D eigenvalue weighted by Gasteiger charge is -2.21. The molecule has 0 fully saturated rings. The number of carbonyl (C=O) groups is 1. The maximum absolute atomic E-state index is 13.1. The summed E-state index contributed by atoms with van der Waals surface area (Å²) in [5.41, 5.74) is 3.61. The molecule has 1 amide bonds. The van der Waals surface area contributed by atoms with Gasteiger partial charge in [-0.1, -0.05) is 36.4 Å². The van der Waals surface area contributed by atoms with E-state index >= 15 is 0 Å². The molecule has 4 rings (SSSR count). The second kappa shape index (κ2) is 6.59. The summed E-state index contributed by atoms with van der Waals surface area (Å²) in [4.78, 5) is 25.8. The van der Waals surface area contributed by atoms with E-state index in [1.807, 2.05) is 72.3 Å². The van der Waals surface area contributed by atoms with Gasteiger partial charge in [0.1, 0.15) is 17.3 Å². The van der Waals surface area contributed by atoms with E-state index in [1.54, 1.807) is 6.07 Å². The Bertz CT molecular complexity index is 955. The number of carbonyl (C=O) groups excluding carboxylic acids is 1. The number of para-hydroxylation sites is 2. The number of aromatic nitrogens is 2. The third kappa shape index (κ3) is 2.92. The predicted molar refractivity (Wildman–Crippen MR) is 103 cm³/mol. The maximum Gasteiger partial charge on any atom is 0.277 e. The van der Waals surface area contributed by atoms with E-state index in [-0.39, 0.29) is 5.91 Å². The number of rotatable bonds is 3. The third-order valence-electron chi connectivity index (χ3n) is 4.66. The molecule has 3 aromatic rings. The number of amides is 1. The van der Waals surface area contributed by atoms with Crippen LogP contribution in [0.1, 0.15) is 21.9 Å². The van der Waals surface area contributed by atoms with Crippen molar-refractivity contribution in [2.24, 2.45) is 0 Å². The van der Waals surface area contributed by atoms with E-state index in [4.69, 9.17) is 0 Å². The monoisotopic (exact) mass is 344 g/mol. The molecule has 5 heteroatoms. The lowest BCUT2D eigenvalue weighted by Crippen LogP contribution is -2.30. The molecule has 2 aromatic carbocycles. The highest BCUT2D eigenvalue weighted by molar-refractivity contribution is 6.06. The number of nitrogens with zero attached hydrogens (tertiary/aromatic N) is 4. The van der Waals surface area contributed by atoms with Crippen LogP contribution in [-0.2, 0) is 6.42 Å². The summed E-state index contributed by atoms with van der Waals surface area (Å²) in [6, 6.07) is 19.8. The Morgan fingerprint density at radius 2 is 1.77 bits per heavy atom. The molecule has 1 aliphatic heterocycles. The van der Waals surface area contributed by atoms with Crippen LogP contribution in [0.15, 0.2) is 60.7 Å². The molecule has 0 bridgehead atoms. The van der Waals surface area contributed by atoms with Crippen molar-refractivity contribution >= 4 is 23.1 Å². The van der Waals surface area contributed by atoms with Gasteiger partial charge in [0.15, 0.2) is 0 Å². The number of benzene rings is 2. The Morgan fingerprint density at radius 3 is 2.58 bits per heavy atom. The van der Waals surface area contributed by atoms with Crippen molar-refractivity contribution in [1.29, 1.82) is 0 Å². The van der Waals surface area contributed by atoms with Crippen molar-refractivity contribution in [2.75, 3.05) is 23.4 Å². The first-order chi connectivity index (χ1) is 12.6. The van der Waals surface area contributed by atoms with Crippen LogP contribution in [-0.4, -0.2) is 29.5 Å². The lowest BCUT2D eigenvalue weighted by atomic mass is 10.2. The lowest BCUT2D eigenvalue weighted by molar-refractivity contribution is 0.0984. The van der Waals surface area contributed by atoms with Gasteiger partial charge in [-0.05, 0) is 37.1 Å². The molecule has 0 unspecified atom stereocenters. The topological polar surface area (TPSA) is 49.3 Å². The Balaban J connectivity index is 1.68.